The molecule has 4 atom stereocenters. The van der Waals surface area contributed by atoms with Gasteiger partial charge in [0, 0.05) is 9.45 Å². The van der Waals surface area contributed by atoms with Gasteiger partial charge in [-0.05, 0) is 53.7 Å². The lowest BCUT2D eigenvalue weighted by atomic mass is 9.70. The summed E-state index contributed by atoms with van der Waals surface area (Å²) < 4.78 is 7.59. The standard InChI is InChI=1S/C18H24ClIO/c1-17(2)13-8-9-18(17,3)16(10-13)21-15(11-20)12-4-6-14(19)7-5-12/h4-7,13,15-16H,8-11H2,1-3H3. The highest BCUT2D eigenvalue weighted by Crippen LogP contribution is 2.66. The van der Waals surface area contributed by atoms with E-state index >= 15 is 0 Å². The van der Waals surface area contributed by atoms with Crippen LogP contribution in [0.3, 0.4) is 0 Å². The molecule has 0 amide bonds. The van der Waals surface area contributed by atoms with E-state index < -0.39 is 0 Å². The van der Waals surface area contributed by atoms with E-state index in [1.165, 1.54) is 24.8 Å². The molecule has 1 nitrogen and oxygen atoms in total. The number of halogens is 2. The lowest BCUT2D eigenvalue weighted by molar-refractivity contribution is -0.0792. The van der Waals surface area contributed by atoms with Crippen molar-refractivity contribution in [1.82, 2.24) is 0 Å². The maximum Gasteiger partial charge on any atom is 0.0918 e. The van der Waals surface area contributed by atoms with Crippen molar-refractivity contribution in [2.45, 2.75) is 52.2 Å². The molecule has 0 N–H and O–H groups in total. The van der Waals surface area contributed by atoms with Crippen LogP contribution in [0.5, 0.6) is 0 Å². The maximum atomic E-state index is 6.61. The van der Waals surface area contributed by atoms with Gasteiger partial charge in [0.15, 0.2) is 0 Å². The van der Waals surface area contributed by atoms with Gasteiger partial charge in [0.2, 0.25) is 0 Å². The van der Waals surface area contributed by atoms with Crippen molar-refractivity contribution in [1.29, 1.82) is 0 Å². The number of fused-ring (bicyclic) bond motifs is 2. The first-order chi connectivity index (χ1) is 9.88. The Labute approximate surface area is 146 Å². The van der Waals surface area contributed by atoms with Crippen molar-refractivity contribution in [2.24, 2.45) is 16.7 Å². The van der Waals surface area contributed by atoms with Crippen LogP contribution in [-0.2, 0) is 4.74 Å². The normalized spacial score (nSPS) is 35.1. The highest BCUT2D eigenvalue weighted by molar-refractivity contribution is 14.1. The van der Waals surface area contributed by atoms with Crippen molar-refractivity contribution in [2.75, 3.05) is 4.43 Å². The molecule has 1 aromatic carbocycles. The predicted molar refractivity (Wildman–Crippen MR) is 97.2 cm³/mol. The number of hydrogen-bond acceptors (Lipinski definition) is 1. The summed E-state index contributed by atoms with van der Waals surface area (Å²) in [6.45, 7) is 7.32. The zero-order chi connectivity index (χ0) is 15.3. The summed E-state index contributed by atoms with van der Waals surface area (Å²) in [6, 6.07) is 8.14. The van der Waals surface area contributed by atoms with Crippen molar-refractivity contribution < 1.29 is 4.74 Å². The molecule has 1 aromatic rings. The average Bonchev–Trinajstić information content (AvgIpc) is 2.79. The zero-order valence-electron chi connectivity index (χ0n) is 13.0. The third-order valence-corrected chi connectivity index (χ3v) is 7.48. The van der Waals surface area contributed by atoms with E-state index in [0.29, 0.717) is 16.9 Å². The van der Waals surface area contributed by atoms with Crippen LogP contribution in [0.2, 0.25) is 5.02 Å². The summed E-state index contributed by atoms with van der Waals surface area (Å²) in [7, 11) is 0. The van der Waals surface area contributed by atoms with Gasteiger partial charge in [-0.15, -0.1) is 0 Å². The molecule has 0 heterocycles. The summed E-state index contributed by atoms with van der Waals surface area (Å²) >= 11 is 8.43. The van der Waals surface area contributed by atoms with Gasteiger partial charge < -0.3 is 4.74 Å². The number of alkyl halides is 1. The Morgan fingerprint density at radius 3 is 2.43 bits per heavy atom. The predicted octanol–water partition coefficient (Wildman–Crippen LogP) is 6.05. The first-order valence-corrected chi connectivity index (χ1v) is 9.76. The number of hydrogen-bond donors (Lipinski definition) is 0. The molecule has 3 heteroatoms. The van der Waals surface area contributed by atoms with E-state index in [1.807, 2.05) is 12.1 Å². The van der Waals surface area contributed by atoms with Crippen molar-refractivity contribution in [3.8, 4) is 0 Å². The Morgan fingerprint density at radius 2 is 1.95 bits per heavy atom. The second kappa shape index (κ2) is 5.68. The summed E-state index contributed by atoms with van der Waals surface area (Å²) in [6.07, 6.45) is 4.48. The zero-order valence-corrected chi connectivity index (χ0v) is 15.9. The molecule has 4 unspecified atom stereocenters. The molecular weight excluding hydrogens is 395 g/mol. The molecule has 0 aliphatic heterocycles. The minimum absolute atomic E-state index is 0.180. The van der Waals surface area contributed by atoms with Crippen LogP contribution in [0.25, 0.3) is 0 Å². The monoisotopic (exact) mass is 418 g/mol. The van der Waals surface area contributed by atoms with E-state index in [0.717, 1.165) is 15.4 Å². The summed E-state index contributed by atoms with van der Waals surface area (Å²) in [5.74, 6) is 0.826. The Morgan fingerprint density at radius 1 is 1.29 bits per heavy atom. The van der Waals surface area contributed by atoms with Crippen LogP contribution in [0.4, 0.5) is 0 Å². The molecule has 2 bridgehead atoms. The minimum atomic E-state index is 0.180. The smallest absolute Gasteiger partial charge is 0.0918 e. The van der Waals surface area contributed by atoms with Gasteiger partial charge in [0.05, 0.1) is 12.2 Å². The highest BCUT2D eigenvalue weighted by Gasteiger charge is 2.62. The Kier molecular flexibility index (Phi) is 4.35. The van der Waals surface area contributed by atoms with Gasteiger partial charge >= 0.3 is 0 Å². The molecule has 21 heavy (non-hydrogen) atoms. The van der Waals surface area contributed by atoms with Crippen molar-refractivity contribution >= 4 is 34.2 Å². The molecule has 3 rings (SSSR count). The summed E-state index contributed by atoms with van der Waals surface area (Å²) in [5, 5.41) is 0.791. The fourth-order valence-corrected chi connectivity index (χ4v) is 5.26. The molecule has 0 spiro atoms. The average molecular weight is 419 g/mol. The number of rotatable bonds is 4. The molecule has 0 aromatic heterocycles. The van der Waals surface area contributed by atoms with Crippen LogP contribution < -0.4 is 0 Å². The lowest BCUT2D eigenvalue weighted by Gasteiger charge is -2.40. The quantitative estimate of drug-likeness (QED) is 0.427. The van der Waals surface area contributed by atoms with Gasteiger partial charge in [0.1, 0.15) is 0 Å². The SMILES string of the molecule is CC1(C)C2CCC1(C)C(OC(CI)c1ccc(Cl)cc1)C2. The second-order valence-corrected chi connectivity index (χ2v) is 8.75. The first-order valence-electron chi connectivity index (χ1n) is 7.85. The molecule has 2 aliphatic rings. The summed E-state index contributed by atoms with van der Waals surface area (Å²) in [4.78, 5) is 0. The number of ether oxygens (including phenoxy) is 1. The molecule has 2 fully saturated rings. The fourth-order valence-electron chi connectivity index (χ4n) is 4.42. The third kappa shape index (κ3) is 2.55. The van der Waals surface area contributed by atoms with Crippen LogP contribution in [0, 0.1) is 16.7 Å². The molecule has 2 aliphatic carbocycles. The van der Waals surface area contributed by atoms with Crippen molar-refractivity contribution in [3.05, 3.63) is 34.9 Å². The van der Waals surface area contributed by atoms with Crippen LogP contribution >= 0.6 is 34.2 Å². The third-order valence-electron chi connectivity index (χ3n) is 6.42. The number of benzene rings is 1. The molecule has 0 radical (unpaired) electrons. The maximum absolute atomic E-state index is 6.61. The highest BCUT2D eigenvalue weighted by atomic mass is 127. The summed E-state index contributed by atoms with van der Waals surface area (Å²) in [5.41, 5.74) is 1.99. The Balaban J connectivity index is 1.78. The topological polar surface area (TPSA) is 9.23 Å². The fraction of sp³-hybridized carbons (Fsp3) is 0.667. The van der Waals surface area contributed by atoms with Gasteiger partial charge in [-0.2, -0.15) is 0 Å². The van der Waals surface area contributed by atoms with Crippen molar-refractivity contribution in [3.63, 3.8) is 0 Å². The Bertz CT molecular complexity index is 512. The molecule has 0 saturated heterocycles. The van der Waals surface area contributed by atoms with Gasteiger partial charge in [-0.3, -0.25) is 0 Å². The largest absolute Gasteiger partial charge is 0.369 e. The van der Waals surface area contributed by atoms with Crippen LogP contribution in [0.15, 0.2) is 24.3 Å². The van der Waals surface area contributed by atoms with Crippen LogP contribution in [-0.4, -0.2) is 10.5 Å². The van der Waals surface area contributed by atoms with E-state index in [2.05, 4.69) is 55.5 Å². The van der Waals surface area contributed by atoms with E-state index in [-0.39, 0.29) is 6.10 Å². The van der Waals surface area contributed by atoms with E-state index in [9.17, 15) is 0 Å². The lowest BCUT2D eigenvalue weighted by Crippen LogP contribution is -2.38. The van der Waals surface area contributed by atoms with Crippen LogP contribution in [0.1, 0.15) is 51.7 Å². The Hall–Kier alpha value is 0.200. The minimum Gasteiger partial charge on any atom is -0.369 e. The van der Waals surface area contributed by atoms with Gasteiger partial charge in [0.25, 0.3) is 0 Å². The molecule has 116 valence electrons. The second-order valence-electron chi connectivity index (χ2n) is 7.43. The molecule has 2 saturated carbocycles. The van der Waals surface area contributed by atoms with Gasteiger partial charge in [-0.1, -0.05) is 67.1 Å². The first kappa shape index (κ1) is 16.1. The molecular formula is C18H24ClIO. The van der Waals surface area contributed by atoms with Gasteiger partial charge in [-0.25, -0.2) is 0 Å². The van der Waals surface area contributed by atoms with E-state index in [4.69, 9.17) is 16.3 Å². The van der Waals surface area contributed by atoms with E-state index in [1.54, 1.807) is 0 Å².